The molecule has 0 bridgehead atoms. The van der Waals surface area contributed by atoms with E-state index in [0.29, 0.717) is 11.8 Å². The van der Waals surface area contributed by atoms with Crippen molar-refractivity contribution in [1.82, 2.24) is 9.97 Å². The highest BCUT2D eigenvalue weighted by atomic mass is 16.5. The van der Waals surface area contributed by atoms with Crippen molar-refractivity contribution in [3.8, 4) is 17.4 Å². The maximum Gasteiger partial charge on any atom is 0.257 e. The molecule has 1 atom stereocenters. The number of hydrogen-bond donors (Lipinski definition) is 0. The highest BCUT2D eigenvalue weighted by Crippen LogP contribution is 2.38. The molecule has 6 heteroatoms. The lowest BCUT2D eigenvalue weighted by Gasteiger charge is -2.20. The average Bonchev–Trinajstić information content (AvgIpc) is 3.10. The van der Waals surface area contributed by atoms with Crippen molar-refractivity contribution in [2.45, 2.75) is 12.3 Å². The quantitative estimate of drug-likeness (QED) is 0.845. The molecule has 0 spiro atoms. The summed E-state index contributed by atoms with van der Waals surface area (Å²) in [4.78, 5) is 10.9. The van der Waals surface area contributed by atoms with E-state index in [4.69, 9.17) is 14.2 Å². The Bertz CT molecular complexity index is 678. The average molecular weight is 315 g/mol. The first-order valence-electron chi connectivity index (χ1n) is 7.58. The predicted molar refractivity (Wildman–Crippen MR) is 87.7 cm³/mol. The lowest BCUT2D eigenvalue weighted by Crippen LogP contribution is -2.21. The maximum atomic E-state index is 5.52. The Hall–Kier alpha value is -2.50. The van der Waals surface area contributed by atoms with Gasteiger partial charge in [0.25, 0.3) is 5.88 Å². The van der Waals surface area contributed by atoms with Crippen LogP contribution < -0.4 is 19.1 Å². The molecule has 2 heterocycles. The summed E-state index contributed by atoms with van der Waals surface area (Å²) in [5.74, 6) is 3.44. The van der Waals surface area contributed by atoms with Crippen LogP contribution in [0.4, 0.5) is 5.82 Å². The number of rotatable bonds is 5. The molecule has 1 aliphatic rings. The third-order valence-corrected chi connectivity index (χ3v) is 4.20. The van der Waals surface area contributed by atoms with Crippen LogP contribution in [0.15, 0.2) is 30.6 Å². The van der Waals surface area contributed by atoms with Gasteiger partial charge in [-0.25, -0.2) is 9.97 Å². The molecule has 0 aliphatic carbocycles. The Labute approximate surface area is 136 Å². The van der Waals surface area contributed by atoms with Gasteiger partial charge in [-0.2, -0.15) is 0 Å². The van der Waals surface area contributed by atoms with E-state index >= 15 is 0 Å². The van der Waals surface area contributed by atoms with E-state index in [1.165, 1.54) is 0 Å². The largest absolute Gasteiger partial charge is 0.497 e. The molecule has 0 amide bonds. The Morgan fingerprint density at radius 1 is 1.04 bits per heavy atom. The van der Waals surface area contributed by atoms with Crippen molar-refractivity contribution in [1.29, 1.82) is 0 Å². The van der Waals surface area contributed by atoms with Crippen molar-refractivity contribution >= 4 is 5.82 Å². The van der Waals surface area contributed by atoms with Gasteiger partial charge in [-0.3, -0.25) is 0 Å². The third-order valence-electron chi connectivity index (χ3n) is 4.20. The lowest BCUT2D eigenvalue weighted by atomic mass is 9.97. The minimum Gasteiger partial charge on any atom is -0.497 e. The van der Waals surface area contributed by atoms with Crippen LogP contribution in [0.25, 0.3) is 0 Å². The second-order valence-corrected chi connectivity index (χ2v) is 5.43. The summed E-state index contributed by atoms with van der Waals surface area (Å²) in [6.07, 6.45) is 4.35. The first-order chi connectivity index (χ1) is 11.3. The summed E-state index contributed by atoms with van der Waals surface area (Å²) in [6.45, 7) is 1.75. The van der Waals surface area contributed by atoms with Gasteiger partial charge in [0.1, 0.15) is 11.5 Å². The summed E-state index contributed by atoms with van der Waals surface area (Å²) in [5.41, 5.74) is 1.16. The molecule has 6 nitrogen and oxygen atoms in total. The number of nitrogens with zero attached hydrogens (tertiary/aromatic N) is 3. The minimum atomic E-state index is 0.353. The topological polar surface area (TPSA) is 56.7 Å². The Morgan fingerprint density at radius 2 is 1.87 bits per heavy atom. The molecule has 0 unspecified atom stereocenters. The number of benzene rings is 1. The van der Waals surface area contributed by atoms with Crippen molar-refractivity contribution in [2.24, 2.45) is 0 Å². The fourth-order valence-corrected chi connectivity index (χ4v) is 3.04. The van der Waals surface area contributed by atoms with Crippen LogP contribution >= 0.6 is 0 Å². The monoisotopic (exact) mass is 315 g/mol. The van der Waals surface area contributed by atoms with Gasteiger partial charge in [0, 0.05) is 37.0 Å². The molecule has 2 aromatic rings. The van der Waals surface area contributed by atoms with E-state index in [1.54, 1.807) is 33.7 Å². The van der Waals surface area contributed by atoms with Gasteiger partial charge in [-0.1, -0.05) is 0 Å². The molecule has 1 aliphatic heterocycles. The Kier molecular flexibility index (Phi) is 4.50. The summed E-state index contributed by atoms with van der Waals surface area (Å²) >= 11 is 0. The minimum absolute atomic E-state index is 0.353. The van der Waals surface area contributed by atoms with Gasteiger partial charge in [0.05, 0.1) is 21.3 Å². The van der Waals surface area contributed by atoms with Gasteiger partial charge < -0.3 is 19.1 Å². The maximum absolute atomic E-state index is 5.52. The van der Waals surface area contributed by atoms with E-state index < -0.39 is 0 Å². The molecular formula is C17H21N3O3. The van der Waals surface area contributed by atoms with Crippen molar-refractivity contribution in [3.05, 3.63) is 36.2 Å². The molecular weight excluding hydrogens is 294 g/mol. The fourth-order valence-electron chi connectivity index (χ4n) is 3.04. The normalized spacial score (nSPS) is 17.2. The number of aromatic nitrogens is 2. The van der Waals surface area contributed by atoms with Crippen molar-refractivity contribution < 1.29 is 14.2 Å². The first-order valence-corrected chi connectivity index (χ1v) is 7.58. The zero-order valence-electron chi connectivity index (χ0n) is 13.7. The summed E-state index contributed by atoms with van der Waals surface area (Å²) in [5, 5.41) is 0. The number of ether oxygens (including phenoxy) is 3. The molecule has 0 radical (unpaired) electrons. The Balaban J connectivity index is 1.85. The molecule has 1 saturated heterocycles. The first kappa shape index (κ1) is 15.4. The van der Waals surface area contributed by atoms with Crippen molar-refractivity contribution in [3.63, 3.8) is 0 Å². The van der Waals surface area contributed by atoms with Crippen LogP contribution in [0, 0.1) is 0 Å². The Morgan fingerprint density at radius 3 is 2.61 bits per heavy atom. The zero-order chi connectivity index (χ0) is 16.2. The van der Waals surface area contributed by atoms with E-state index in [2.05, 4.69) is 20.9 Å². The zero-order valence-corrected chi connectivity index (χ0v) is 13.7. The molecule has 0 N–H and O–H groups in total. The van der Waals surface area contributed by atoms with Crippen LogP contribution in [0.5, 0.6) is 17.4 Å². The summed E-state index contributed by atoms with van der Waals surface area (Å²) in [7, 11) is 4.99. The van der Waals surface area contributed by atoms with Gasteiger partial charge in [0.15, 0.2) is 5.82 Å². The molecule has 122 valence electrons. The number of anilines is 1. The molecule has 1 fully saturated rings. The lowest BCUT2D eigenvalue weighted by molar-refractivity contribution is 0.394. The standard InChI is InChI=1S/C17H21N3O3/c1-21-13-4-5-15(22-2)14(10-13)12-6-9-20(11-12)16-17(23-3)19-8-7-18-16/h4-5,7-8,10,12H,6,9,11H2,1-3H3/t12-/m0/s1. The second kappa shape index (κ2) is 6.73. The van der Waals surface area contributed by atoms with Crippen LogP contribution in [-0.2, 0) is 0 Å². The van der Waals surface area contributed by atoms with Crippen molar-refractivity contribution in [2.75, 3.05) is 39.3 Å². The van der Waals surface area contributed by atoms with Gasteiger partial charge >= 0.3 is 0 Å². The van der Waals surface area contributed by atoms with Crippen LogP contribution in [0.1, 0.15) is 17.9 Å². The van der Waals surface area contributed by atoms with E-state index in [9.17, 15) is 0 Å². The van der Waals surface area contributed by atoms with Crippen LogP contribution in [-0.4, -0.2) is 44.4 Å². The highest BCUT2D eigenvalue weighted by Gasteiger charge is 2.29. The molecule has 23 heavy (non-hydrogen) atoms. The van der Waals surface area contributed by atoms with E-state index in [-0.39, 0.29) is 0 Å². The van der Waals surface area contributed by atoms with Crippen LogP contribution in [0.3, 0.4) is 0 Å². The van der Waals surface area contributed by atoms with Crippen LogP contribution in [0.2, 0.25) is 0 Å². The number of hydrogen-bond acceptors (Lipinski definition) is 6. The summed E-state index contributed by atoms with van der Waals surface area (Å²) < 4.78 is 16.2. The second-order valence-electron chi connectivity index (χ2n) is 5.43. The predicted octanol–water partition coefficient (Wildman–Crippen LogP) is 2.50. The smallest absolute Gasteiger partial charge is 0.257 e. The third kappa shape index (κ3) is 3.02. The SMILES string of the molecule is COc1ccc(OC)c([C@H]2CCN(c3nccnc3OC)C2)c1. The van der Waals surface area contributed by atoms with E-state index in [0.717, 1.165) is 42.4 Å². The molecule has 3 rings (SSSR count). The highest BCUT2D eigenvalue weighted by molar-refractivity contribution is 5.51. The molecule has 1 aromatic heterocycles. The van der Waals surface area contributed by atoms with Gasteiger partial charge in [-0.15, -0.1) is 0 Å². The van der Waals surface area contributed by atoms with E-state index in [1.807, 2.05) is 12.1 Å². The molecule has 0 saturated carbocycles. The summed E-state index contributed by atoms with van der Waals surface area (Å²) in [6, 6.07) is 5.93. The van der Waals surface area contributed by atoms with Gasteiger partial charge in [0.2, 0.25) is 0 Å². The van der Waals surface area contributed by atoms with Gasteiger partial charge in [-0.05, 0) is 24.6 Å². The fraction of sp³-hybridized carbons (Fsp3) is 0.412. The molecule has 1 aromatic carbocycles. The number of methoxy groups -OCH3 is 3.